The number of hydrogen-bond acceptors (Lipinski definition) is 4. The van der Waals surface area contributed by atoms with Crippen LogP contribution < -0.4 is 9.47 Å². The minimum absolute atomic E-state index is 0.193. The van der Waals surface area contributed by atoms with Crippen LogP contribution in [-0.4, -0.2) is 38.5 Å². The summed E-state index contributed by atoms with van der Waals surface area (Å²) in [6, 6.07) is 3.52. The van der Waals surface area contributed by atoms with Crippen LogP contribution >= 0.6 is 0 Å². The SMILES string of the molecule is COc1cc(C)c(C2(C(=O)O)COC2)cc1OC. The number of hydrogen-bond donors (Lipinski definition) is 1. The number of carboxylic acid groups (broad SMARTS) is 1. The Kier molecular flexibility index (Phi) is 3.17. The van der Waals surface area contributed by atoms with Gasteiger partial charge in [-0.2, -0.15) is 0 Å². The Bertz CT molecular complexity index is 477. The van der Waals surface area contributed by atoms with Gasteiger partial charge in [-0.3, -0.25) is 4.79 Å². The molecule has 0 saturated carbocycles. The molecule has 0 bridgehead atoms. The molecule has 1 aromatic carbocycles. The van der Waals surface area contributed by atoms with E-state index < -0.39 is 11.4 Å². The largest absolute Gasteiger partial charge is 0.493 e. The van der Waals surface area contributed by atoms with Gasteiger partial charge in [0.25, 0.3) is 0 Å². The van der Waals surface area contributed by atoms with Gasteiger partial charge in [-0.1, -0.05) is 0 Å². The van der Waals surface area contributed by atoms with E-state index in [4.69, 9.17) is 14.2 Å². The summed E-state index contributed by atoms with van der Waals surface area (Å²) in [5.74, 6) is 0.259. The van der Waals surface area contributed by atoms with Gasteiger partial charge >= 0.3 is 5.97 Å². The van der Waals surface area contributed by atoms with Crippen LogP contribution in [0.1, 0.15) is 11.1 Å². The predicted octanol–water partition coefficient (Wildman–Crippen LogP) is 1.36. The number of aliphatic carboxylic acids is 1. The highest BCUT2D eigenvalue weighted by Gasteiger charge is 2.49. The number of aryl methyl sites for hydroxylation is 1. The fourth-order valence-corrected chi connectivity index (χ4v) is 2.20. The van der Waals surface area contributed by atoms with Crippen LogP contribution in [0.25, 0.3) is 0 Å². The van der Waals surface area contributed by atoms with Crippen molar-refractivity contribution in [1.82, 2.24) is 0 Å². The topological polar surface area (TPSA) is 65.0 Å². The van der Waals surface area contributed by atoms with Gasteiger partial charge in [-0.25, -0.2) is 0 Å². The van der Waals surface area contributed by atoms with E-state index in [-0.39, 0.29) is 13.2 Å². The zero-order valence-corrected chi connectivity index (χ0v) is 10.6. The maximum atomic E-state index is 11.5. The van der Waals surface area contributed by atoms with E-state index in [1.165, 1.54) is 7.11 Å². The molecule has 1 fully saturated rings. The van der Waals surface area contributed by atoms with E-state index in [1.54, 1.807) is 19.2 Å². The van der Waals surface area contributed by atoms with Crippen molar-refractivity contribution in [2.24, 2.45) is 0 Å². The van der Waals surface area contributed by atoms with Crippen LogP contribution in [0.15, 0.2) is 12.1 Å². The number of methoxy groups -OCH3 is 2. The van der Waals surface area contributed by atoms with Gasteiger partial charge in [-0.15, -0.1) is 0 Å². The van der Waals surface area contributed by atoms with Crippen LogP contribution in [-0.2, 0) is 14.9 Å². The smallest absolute Gasteiger partial charge is 0.318 e. The van der Waals surface area contributed by atoms with Crippen LogP contribution in [0.3, 0.4) is 0 Å². The summed E-state index contributed by atoms with van der Waals surface area (Å²) in [6.45, 7) is 2.25. The van der Waals surface area contributed by atoms with Crippen molar-refractivity contribution in [1.29, 1.82) is 0 Å². The Labute approximate surface area is 105 Å². The summed E-state index contributed by atoms with van der Waals surface area (Å²) in [4.78, 5) is 11.5. The summed E-state index contributed by atoms with van der Waals surface area (Å²) < 4.78 is 15.5. The molecule has 0 radical (unpaired) electrons. The summed E-state index contributed by atoms with van der Waals surface area (Å²) >= 11 is 0. The third kappa shape index (κ3) is 1.71. The molecule has 0 aromatic heterocycles. The summed E-state index contributed by atoms with van der Waals surface area (Å²) in [7, 11) is 3.08. The fraction of sp³-hybridized carbons (Fsp3) is 0.462. The lowest BCUT2D eigenvalue weighted by atomic mass is 9.76. The Morgan fingerprint density at radius 1 is 1.28 bits per heavy atom. The molecule has 1 aliphatic heterocycles. The normalized spacial score (nSPS) is 16.8. The van der Waals surface area contributed by atoms with E-state index >= 15 is 0 Å². The lowest BCUT2D eigenvalue weighted by molar-refractivity contribution is -0.163. The standard InChI is InChI=1S/C13H16O5/c1-8-4-10(16-2)11(17-3)5-9(8)13(12(14)15)6-18-7-13/h4-5H,6-7H2,1-3H3,(H,14,15). The van der Waals surface area contributed by atoms with Crippen molar-refractivity contribution < 1.29 is 24.1 Å². The highest BCUT2D eigenvalue weighted by atomic mass is 16.5. The molecule has 2 rings (SSSR count). The van der Waals surface area contributed by atoms with Crippen LogP contribution in [0.4, 0.5) is 0 Å². The van der Waals surface area contributed by atoms with Crippen molar-refractivity contribution in [3.63, 3.8) is 0 Å². The first-order valence-corrected chi connectivity index (χ1v) is 5.59. The predicted molar refractivity (Wildman–Crippen MR) is 64.4 cm³/mol. The Morgan fingerprint density at radius 3 is 2.22 bits per heavy atom. The summed E-state index contributed by atoms with van der Waals surface area (Å²) in [6.07, 6.45) is 0. The molecule has 1 aliphatic rings. The average Bonchev–Trinajstić information content (AvgIpc) is 2.28. The van der Waals surface area contributed by atoms with Crippen LogP contribution in [0.5, 0.6) is 11.5 Å². The molecule has 18 heavy (non-hydrogen) atoms. The van der Waals surface area contributed by atoms with Gasteiger partial charge < -0.3 is 19.3 Å². The minimum Gasteiger partial charge on any atom is -0.493 e. The second-order valence-corrected chi connectivity index (χ2v) is 4.40. The van der Waals surface area contributed by atoms with E-state index in [9.17, 15) is 9.90 Å². The molecule has 0 unspecified atom stereocenters. The quantitative estimate of drug-likeness (QED) is 0.876. The number of carbonyl (C=O) groups is 1. The van der Waals surface area contributed by atoms with E-state index in [2.05, 4.69) is 0 Å². The lowest BCUT2D eigenvalue weighted by Gasteiger charge is -2.38. The number of benzene rings is 1. The minimum atomic E-state index is -0.955. The van der Waals surface area contributed by atoms with Crippen molar-refractivity contribution in [3.8, 4) is 11.5 Å². The second kappa shape index (κ2) is 4.49. The molecular formula is C13H16O5. The van der Waals surface area contributed by atoms with E-state index in [1.807, 2.05) is 6.92 Å². The Hall–Kier alpha value is -1.75. The molecule has 1 heterocycles. The van der Waals surface area contributed by atoms with E-state index in [0.717, 1.165) is 11.1 Å². The lowest BCUT2D eigenvalue weighted by Crippen LogP contribution is -2.53. The monoisotopic (exact) mass is 252 g/mol. The second-order valence-electron chi connectivity index (χ2n) is 4.40. The third-order valence-electron chi connectivity index (χ3n) is 3.35. The fourth-order valence-electron chi connectivity index (χ4n) is 2.20. The molecule has 5 nitrogen and oxygen atoms in total. The maximum absolute atomic E-state index is 11.5. The molecule has 0 atom stereocenters. The Balaban J connectivity index is 2.54. The maximum Gasteiger partial charge on any atom is 0.318 e. The van der Waals surface area contributed by atoms with Gasteiger partial charge in [0, 0.05) is 0 Å². The zero-order chi connectivity index (χ0) is 13.3. The highest BCUT2D eigenvalue weighted by Crippen LogP contribution is 2.40. The van der Waals surface area contributed by atoms with Crippen molar-refractivity contribution >= 4 is 5.97 Å². The molecule has 0 spiro atoms. The van der Waals surface area contributed by atoms with Crippen molar-refractivity contribution in [3.05, 3.63) is 23.3 Å². The summed E-state index contributed by atoms with van der Waals surface area (Å²) in [5, 5.41) is 9.40. The van der Waals surface area contributed by atoms with Crippen molar-refractivity contribution in [2.75, 3.05) is 27.4 Å². The van der Waals surface area contributed by atoms with E-state index in [0.29, 0.717) is 11.5 Å². The van der Waals surface area contributed by atoms with Crippen LogP contribution in [0.2, 0.25) is 0 Å². The Morgan fingerprint density at radius 2 is 1.83 bits per heavy atom. The molecule has 98 valence electrons. The molecule has 1 saturated heterocycles. The molecule has 5 heteroatoms. The average molecular weight is 252 g/mol. The first kappa shape index (κ1) is 12.7. The van der Waals surface area contributed by atoms with Crippen molar-refractivity contribution in [2.45, 2.75) is 12.3 Å². The van der Waals surface area contributed by atoms with Gasteiger partial charge in [0.2, 0.25) is 0 Å². The first-order valence-electron chi connectivity index (χ1n) is 5.59. The first-order chi connectivity index (χ1) is 8.55. The third-order valence-corrected chi connectivity index (χ3v) is 3.35. The number of carboxylic acids is 1. The molecule has 1 N–H and O–H groups in total. The number of ether oxygens (including phenoxy) is 3. The van der Waals surface area contributed by atoms with Gasteiger partial charge in [0.1, 0.15) is 5.41 Å². The highest BCUT2D eigenvalue weighted by molar-refractivity contribution is 5.84. The molecule has 1 aromatic rings. The van der Waals surface area contributed by atoms with Gasteiger partial charge in [0.05, 0.1) is 27.4 Å². The van der Waals surface area contributed by atoms with Gasteiger partial charge in [-0.05, 0) is 30.2 Å². The molecule has 0 amide bonds. The summed E-state index contributed by atoms with van der Waals surface area (Å²) in [5.41, 5.74) is 0.626. The molecule has 0 aliphatic carbocycles. The van der Waals surface area contributed by atoms with Gasteiger partial charge in [0.15, 0.2) is 11.5 Å². The van der Waals surface area contributed by atoms with Crippen LogP contribution in [0, 0.1) is 6.92 Å². The number of rotatable bonds is 4. The zero-order valence-electron chi connectivity index (χ0n) is 10.6. The molecular weight excluding hydrogens is 236 g/mol.